The van der Waals surface area contributed by atoms with Crippen LogP contribution in [0, 0.1) is 0 Å². The summed E-state index contributed by atoms with van der Waals surface area (Å²) in [6.07, 6.45) is 0. The largest absolute Gasteiger partial charge is 0.480 e. The summed E-state index contributed by atoms with van der Waals surface area (Å²) in [6, 6.07) is 8.06. The molecule has 0 atom stereocenters. The SMILES string of the molecule is CC(C)(Sc1csc2ccccc12)C(=O)O. The minimum absolute atomic E-state index is 0.784. The van der Waals surface area contributed by atoms with Crippen molar-refractivity contribution in [2.45, 2.75) is 23.5 Å². The summed E-state index contributed by atoms with van der Waals surface area (Å²) < 4.78 is 0.412. The van der Waals surface area contributed by atoms with E-state index in [0.29, 0.717) is 0 Å². The van der Waals surface area contributed by atoms with Crippen molar-refractivity contribution >= 4 is 39.2 Å². The smallest absolute Gasteiger partial charge is 0.319 e. The normalized spacial score (nSPS) is 11.9. The lowest BCUT2D eigenvalue weighted by Crippen LogP contribution is -2.26. The van der Waals surface area contributed by atoms with Crippen LogP contribution in [0.2, 0.25) is 0 Å². The number of rotatable bonds is 3. The summed E-state index contributed by atoms with van der Waals surface area (Å²) >= 11 is 3.05. The van der Waals surface area contributed by atoms with Crippen LogP contribution in [0.15, 0.2) is 34.5 Å². The summed E-state index contributed by atoms with van der Waals surface area (Å²) in [5, 5.41) is 12.3. The van der Waals surface area contributed by atoms with Crippen molar-refractivity contribution in [3.63, 3.8) is 0 Å². The highest BCUT2D eigenvalue weighted by atomic mass is 32.2. The number of fused-ring (bicyclic) bond motifs is 1. The number of carbonyl (C=O) groups is 1. The van der Waals surface area contributed by atoms with Crippen LogP contribution in [0.4, 0.5) is 0 Å². The number of thioether (sulfide) groups is 1. The van der Waals surface area contributed by atoms with Gasteiger partial charge in [0.05, 0.1) is 0 Å². The molecule has 0 aliphatic heterocycles. The third kappa shape index (κ3) is 2.08. The van der Waals surface area contributed by atoms with Gasteiger partial charge in [0.2, 0.25) is 0 Å². The first-order valence-corrected chi connectivity index (χ1v) is 6.59. The van der Waals surface area contributed by atoms with Crippen molar-refractivity contribution in [3.05, 3.63) is 29.6 Å². The van der Waals surface area contributed by atoms with Gasteiger partial charge in [-0.25, -0.2) is 0 Å². The van der Waals surface area contributed by atoms with E-state index in [9.17, 15) is 4.79 Å². The Bertz CT molecular complexity index is 529. The molecule has 0 aliphatic carbocycles. The van der Waals surface area contributed by atoms with Crippen molar-refractivity contribution in [2.24, 2.45) is 0 Å². The summed E-state index contributed by atoms with van der Waals surface area (Å²) in [6.45, 7) is 3.46. The van der Waals surface area contributed by atoms with Crippen LogP contribution in [0.25, 0.3) is 10.1 Å². The van der Waals surface area contributed by atoms with E-state index in [0.717, 1.165) is 10.3 Å². The molecule has 4 heteroatoms. The van der Waals surface area contributed by atoms with E-state index in [1.54, 1.807) is 25.2 Å². The summed E-state index contributed by atoms with van der Waals surface area (Å²) in [7, 11) is 0. The molecule has 1 aromatic heterocycles. The number of carboxylic acids is 1. The highest BCUT2D eigenvalue weighted by Crippen LogP contribution is 2.39. The molecular formula is C12H12O2S2. The van der Waals surface area contributed by atoms with Gasteiger partial charge in [-0.3, -0.25) is 4.79 Å². The molecule has 16 heavy (non-hydrogen) atoms. The summed E-state index contributed by atoms with van der Waals surface area (Å²) in [5.41, 5.74) is 0. The van der Waals surface area contributed by atoms with Gasteiger partial charge in [0.25, 0.3) is 0 Å². The molecule has 0 spiro atoms. The molecule has 0 amide bonds. The Balaban J connectivity index is 2.38. The molecule has 84 valence electrons. The number of carboxylic acid groups (broad SMARTS) is 1. The second kappa shape index (κ2) is 4.11. The lowest BCUT2D eigenvalue weighted by atomic mass is 10.2. The van der Waals surface area contributed by atoms with Crippen LogP contribution in [-0.4, -0.2) is 15.8 Å². The average molecular weight is 252 g/mol. The Morgan fingerprint density at radius 3 is 2.75 bits per heavy atom. The van der Waals surface area contributed by atoms with Crippen LogP contribution in [0.3, 0.4) is 0 Å². The molecule has 1 N–H and O–H groups in total. The Kier molecular flexibility index (Phi) is 2.95. The summed E-state index contributed by atoms with van der Waals surface area (Å²) in [5.74, 6) is -0.784. The van der Waals surface area contributed by atoms with Gasteiger partial charge in [-0.15, -0.1) is 23.1 Å². The molecule has 0 saturated heterocycles. The third-order valence-corrected chi connectivity index (χ3v) is 4.68. The van der Waals surface area contributed by atoms with Gasteiger partial charge in [-0.1, -0.05) is 18.2 Å². The monoisotopic (exact) mass is 252 g/mol. The van der Waals surface area contributed by atoms with Crippen molar-refractivity contribution in [1.82, 2.24) is 0 Å². The zero-order valence-corrected chi connectivity index (χ0v) is 10.7. The first-order valence-electron chi connectivity index (χ1n) is 4.89. The maximum Gasteiger partial charge on any atom is 0.319 e. The van der Waals surface area contributed by atoms with E-state index >= 15 is 0 Å². The number of thiophene rings is 1. The van der Waals surface area contributed by atoms with Gasteiger partial charge in [-0.2, -0.15) is 0 Å². The van der Waals surface area contributed by atoms with E-state index in [1.165, 1.54) is 16.5 Å². The van der Waals surface area contributed by atoms with Crippen LogP contribution in [-0.2, 0) is 4.79 Å². The average Bonchev–Trinajstić information content (AvgIpc) is 2.61. The molecule has 2 rings (SSSR count). The number of aliphatic carboxylic acids is 1. The van der Waals surface area contributed by atoms with E-state index < -0.39 is 10.7 Å². The van der Waals surface area contributed by atoms with Gasteiger partial charge in [0, 0.05) is 20.4 Å². The third-order valence-electron chi connectivity index (χ3n) is 2.33. The Hall–Kier alpha value is -1.00. The number of benzene rings is 1. The fourth-order valence-corrected chi connectivity index (χ4v) is 3.50. The molecule has 0 aliphatic rings. The van der Waals surface area contributed by atoms with E-state index in [2.05, 4.69) is 6.07 Å². The minimum Gasteiger partial charge on any atom is -0.480 e. The molecule has 1 heterocycles. The molecule has 1 aromatic carbocycles. The van der Waals surface area contributed by atoms with Gasteiger partial charge in [0.15, 0.2) is 0 Å². The van der Waals surface area contributed by atoms with E-state index in [-0.39, 0.29) is 0 Å². The lowest BCUT2D eigenvalue weighted by Gasteiger charge is -2.17. The van der Waals surface area contributed by atoms with Gasteiger partial charge in [-0.05, 0) is 19.9 Å². The number of hydrogen-bond acceptors (Lipinski definition) is 3. The highest BCUT2D eigenvalue weighted by molar-refractivity contribution is 8.01. The standard InChI is InChI=1S/C12H12O2S2/c1-12(2,11(13)14)16-10-7-15-9-6-4-3-5-8(9)10/h3-7H,1-2H3,(H,13,14). The topological polar surface area (TPSA) is 37.3 Å². The van der Waals surface area contributed by atoms with Crippen LogP contribution >= 0.6 is 23.1 Å². The van der Waals surface area contributed by atoms with Gasteiger partial charge < -0.3 is 5.11 Å². The van der Waals surface area contributed by atoms with Crippen LogP contribution in [0.1, 0.15) is 13.8 Å². The van der Waals surface area contributed by atoms with Crippen molar-refractivity contribution in [2.75, 3.05) is 0 Å². The second-order valence-corrected chi connectivity index (χ2v) is 6.59. The van der Waals surface area contributed by atoms with Gasteiger partial charge >= 0.3 is 5.97 Å². The second-order valence-electron chi connectivity index (χ2n) is 4.01. The zero-order valence-electron chi connectivity index (χ0n) is 9.06. The van der Waals surface area contributed by atoms with Crippen molar-refractivity contribution in [3.8, 4) is 0 Å². The number of hydrogen-bond donors (Lipinski definition) is 1. The Morgan fingerprint density at radius 2 is 2.06 bits per heavy atom. The maximum atomic E-state index is 11.1. The first kappa shape index (κ1) is 11.5. The van der Waals surface area contributed by atoms with E-state index in [1.807, 2.05) is 23.6 Å². The summed E-state index contributed by atoms with van der Waals surface area (Å²) in [4.78, 5) is 12.1. The van der Waals surface area contributed by atoms with E-state index in [4.69, 9.17) is 5.11 Å². The molecule has 0 unspecified atom stereocenters. The Morgan fingerprint density at radius 1 is 1.38 bits per heavy atom. The quantitative estimate of drug-likeness (QED) is 0.843. The zero-order chi connectivity index (χ0) is 11.8. The highest BCUT2D eigenvalue weighted by Gasteiger charge is 2.29. The predicted molar refractivity (Wildman–Crippen MR) is 69.4 cm³/mol. The van der Waals surface area contributed by atoms with Crippen LogP contribution < -0.4 is 0 Å². The first-order chi connectivity index (χ1) is 7.50. The minimum atomic E-state index is -0.788. The predicted octanol–water partition coefficient (Wildman–Crippen LogP) is 3.86. The molecule has 2 nitrogen and oxygen atoms in total. The molecule has 0 saturated carbocycles. The fourth-order valence-electron chi connectivity index (χ4n) is 1.35. The molecule has 2 aromatic rings. The molecule has 0 radical (unpaired) electrons. The fraction of sp³-hybridized carbons (Fsp3) is 0.250. The van der Waals surface area contributed by atoms with Gasteiger partial charge in [0.1, 0.15) is 4.75 Å². The molecule has 0 bridgehead atoms. The van der Waals surface area contributed by atoms with Crippen LogP contribution in [0.5, 0.6) is 0 Å². The maximum absolute atomic E-state index is 11.1. The Labute approximate surface area is 102 Å². The van der Waals surface area contributed by atoms with Crippen molar-refractivity contribution in [1.29, 1.82) is 0 Å². The lowest BCUT2D eigenvalue weighted by molar-refractivity contribution is -0.138. The molecule has 0 fully saturated rings. The molecular weight excluding hydrogens is 240 g/mol. The van der Waals surface area contributed by atoms with Crippen molar-refractivity contribution < 1.29 is 9.90 Å².